The van der Waals surface area contributed by atoms with Gasteiger partial charge in [0.05, 0.1) is 12.1 Å². The first kappa shape index (κ1) is 18.7. The summed E-state index contributed by atoms with van der Waals surface area (Å²) in [6, 6.07) is 14.2. The molecule has 0 saturated carbocycles. The minimum Gasteiger partial charge on any atom is -0.493 e. The zero-order valence-corrected chi connectivity index (χ0v) is 15.9. The van der Waals surface area contributed by atoms with Gasteiger partial charge < -0.3 is 14.8 Å². The Morgan fingerprint density at radius 2 is 1.85 bits per heavy atom. The number of rotatable bonds is 8. The van der Waals surface area contributed by atoms with Crippen molar-refractivity contribution in [3.8, 4) is 11.5 Å². The molecule has 0 bridgehead atoms. The van der Waals surface area contributed by atoms with Gasteiger partial charge in [0.25, 0.3) is 0 Å². The van der Waals surface area contributed by atoms with Gasteiger partial charge in [0.15, 0.2) is 11.5 Å². The second-order valence-electron chi connectivity index (χ2n) is 5.71. The fraction of sp³-hybridized carbons (Fsp3) is 0.200. The highest BCUT2D eigenvalue weighted by Crippen LogP contribution is 2.37. The molecule has 0 saturated heterocycles. The third-order valence-electron chi connectivity index (χ3n) is 3.80. The summed E-state index contributed by atoms with van der Waals surface area (Å²) in [7, 11) is 1.60. The van der Waals surface area contributed by atoms with Crippen LogP contribution in [0.3, 0.4) is 0 Å². The lowest BCUT2D eigenvalue weighted by Gasteiger charge is -2.14. The molecule has 0 aliphatic heterocycles. The number of thiophene rings is 1. The van der Waals surface area contributed by atoms with Crippen LogP contribution in [0.15, 0.2) is 53.9 Å². The van der Waals surface area contributed by atoms with Crippen LogP contribution in [0.5, 0.6) is 11.5 Å². The highest BCUT2D eigenvalue weighted by atomic mass is 35.5. The number of hydrogen-bond acceptors (Lipinski definition) is 4. The van der Waals surface area contributed by atoms with E-state index in [2.05, 4.69) is 5.32 Å². The first-order chi connectivity index (χ1) is 12.7. The van der Waals surface area contributed by atoms with Crippen molar-refractivity contribution in [1.29, 1.82) is 0 Å². The Morgan fingerprint density at radius 3 is 2.54 bits per heavy atom. The molecular formula is C20H19ClFNO2S. The molecule has 3 nitrogen and oxygen atoms in total. The Labute approximate surface area is 161 Å². The van der Waals surface area contributed by atoms with E-state index in [-0.39, 0.29) is 5.82 Å². The first-order valence-corrected chi connectivity index (χ1v) is 9.38. The predicted octanol–water partition coefficient (Wildman–Crippen LogP) is 5.42. The van der Waals surface area contributed by atoms with E-state index >= 15 is 0 Å². The SMILES string of the molecule is COc1cc(CNCc2ccc(F)cc2)cc(Cl)c1OCc1cccs1. The zero-order chi connectivity index (χ0) is 18.4. The van der Waals surface area contributed by atoms with Crippen molar-refractivity contribution in [2.45, 2.75) is 19.7 Å². The molecule has 136 valence electrons. The number of benzene rings is 2. The number of hydrogen-bond donors (Lipinski definition) is 1. The van der Waals surface area contributed by atoms with Gasteiger partial charge in [-0.05, 0) is 46.8 Å². The van der Waals surface area contributed by atoms with E-state index < -0.39 is 0 Å². The lowest BCUT2D eigenvalue weighted by molar-refractivity contribution is 0.287. The Balaban J connectivity index is 1.62. The minimum atomic E-state index is -0.233. The molecule has 0 radical (unpaired) electrons. The largest absolute Gasteiger partial charge is 0.493 e. The highest BCUT2D eigenvalue weighted by molar-refractivity contribution is 7.09. The second-order valence-corrected chi connectivity index (χ2v) is 7.15. The molecule has 2 aromatic carbocycles. The van der Waals surface area contributed by atoms with Gasteiger partial charge in [-0.15, -0.1) is 11.3 Å². The van der Waals surface area contributed by atoms with E-state index in [1.165, 1.54) is 12.1 Å². The third-order valence-corrected chi connectivity index (χ3v) is 4.93. The lowest BCUT2D eigenvalue weighted by atomic mass is 10.1. The molecule has 0 unspecified atom stereocenters. The monoisotopic (exact) mass is 391 g/mol. The second kappa shape index (κ2) is 9.03. The van der Waals surface area contributed by atoms with Crippen LogP contribution >= 0.6 is 22.9 Å². The van der Waals surface area contributed by atoms with Gasteiger partial charge in [-0.1, -0.05) is 29.8 Å². The van der Waals surface area contributed by atoms with Crippen molar-refractivity contribution in [1.82, 2.24) is 5.32 Å². The summed E-state index contributed by atoms with van der Waals surface area (Å²) >= 11 is 8.03. The molecule has 0 spiro atoms. The van der Waals surface area contributed by atoms with Gasteiger partial charge in [0.2, 0.25) is 0 Å². The Morgan fingerprint density at radius 1 is 1.08 bits per heavy atom. The van der Waals surface area contributed by atoms with Crippen molar-refractivity contribution < 1.29 is 13.9 Å². The van der Waals surface area contributed by atoms with Gasteiger partial charge in [0, 0.05) is 18.0 Å². The van der Waals surface area contributed by atoms with Crippen molar-refractivity contribution in [3.05, 3.63) is 80.8 Å². The maximum absolute atomic E-state index is 12.9. The molecule has 0 fully saturated rings. The molecule has 1 aromatic heterocycles. The van der Waals surface area contributed by atoms with Crippen molar-refractivity contribution in [2.75, 3.05) is 7.11 Å². The maximum Gasteiger partial charge on any atom is 0.180 e. The summed E-state index contributed by atoms with van der Waals surface area (Å²) in [5, 5.41) is 5.83. The third kappa shape index (κ3) is 4.97. The van der Waals surface area contributed by atoms with Crippen LogP contribution in [0, 0.1) is 5.82 Å². The summed E-state index contributed by atoms with van der Waals surface area (Å²) in [6.45, 7) is 1.70. The lowest BCUT2D eigenvalue weighted by Crippen LogP contribution is -2.13. The molecule has 0 aliphatic carbocycles. The number of nitrogens with one attached hydrogen (secondary N) is 1. The average molecular weight is 392 g/mol. The van der Waals surface area contributed by atoms with Crippen molar-refractivity contribution in [2.24, 2.45) is 0 Å². The van der Waals surface area contributed by atoms with Gasteiger partial charge in [-0.3, -0.25) is 0 Å². The molecule has 0 amide bonds. The Hall–Kier alpha value is -2.08. The summed E-state index contributed by atoms with van der Waals surface area (Å²) < 4.78 is 24.2. The van der Waals surface area contributed by atoms with Gasteiger partial charge in [0.1, 0.15) is 12.4 Å². The predicted molar refractivity (Wildman–Crippen MR) is 104 cm³/mol. The number of halogens is 2. The quantitative estimate of drug-likeness (QED) is 0.556. The molecule has 3 rings (SSSR count). The fourth-order valence-electron chi connectivity index (χ4n) is 2.51. The fourth-order valence-corrected chi connectivity index (χ4v) is 3.41. The topological polar surface area (TPSA) is 30.5 Å². The maximum atomic E-state index is 12.9. The standard InChI is InChI=1S/C20H19ClFNO2S/c1-24-19-10-15(12-23-11-14-4-6-16(22)7-5-14)9-18(21)20(19)25-13-17-3-2-8-26-17/h2-10,23H,11-13H2,1H3. The van der Waals surface area contributed by atoms with Gasteiger partial charge >= 0.3 is 0 Å². The molecule has 3 aromatic rings. The zero-order valence-electron chi connectivity index (χ0n) is 14.3. The van der Waals surface area contributed by atoms with E-state index in [0.29, 0.717) is 36.2 Å². The Bertz CT molecular complexity index is 838. The summed E-state index contributed by atoms with van der Waals surface area (Å²) in [5.74, 6) is 0.917. The average Bonchev–Trinajstić information content (AvgIpc) is 3.15. The molecule has 6 heteroatoms. The van der Waals surface area contributed by atoms with Gasteiger partial charge in [-0.2, -0.15) is 0 Å². The van der Waals surface area contributed by atoms with E-state index in [1.807, 2.05) is 29.6 Å². The summed E-state index contributed by atoms with van der Waals surface area (Å²) in [5.41, 5.74) is 2.00. The van der Waals surface area contributed by atoms with Crippen LogP contribution in [0.1, 0.15) is 16.0 Å². The van der Waals surface area contributed by atoms with Crippen LogP contribution < -0.4 is 14.8 Å². The van der Waals surface area contributed by atoms with Crippen molar-refractivity contribution >= 4 is 22.9 Å². The van der Waals surface area contributed by atoms with Crippen LogP contribution in [0.2, 0.25) is 5.02 Å². The van der Waals surface area contributed by atoms with E-state index in [1.54, 1.807) is 30.6 Å². The summed E-state index contributed by atoms with van der Waals surface area (Å²) in [4.78, 5) is 1.12. The molecule has 26 heavy (non-hydrogen) atoms. The first-order valence-electron chi connectivity index (χ1n) is 8.12. The van der Waals surface area contributed by atoms with E-state index in [4.69, 9.17) is 21.1 Å². The van der Waals surface area contributed by atoms with Crippen LogP contribution in [-0.4, -0.2) is 7.11 Å². The molecular weight excluding hydrogens is 373 g/mol. The van der Waals surface area contributed by atoms with Crippen molar-refractivity contribution in [3.63, 3.8) is 0 Å². The molecule has 1 heterocycles. The van der Waals surface area contributed by atoms with Gasteiger partial charge in [-0.25, -0.2) is 4.39 Å². The Kier molecular flexibility index (Phi) is 6.50. The number of methoxy groups -OCH3 is 1. The van der Waals surface area contributed by atoms with E-state index in [9.17, 15) is 4.39 Å². The molecule has 0 atom stereocenters. The van der Waals surface area contributed by atoms with Crippen LogP contribution in [0.25, 0.3) is 0 Å². The highest BCUT2D eigenvalue weighted by Gasteiger charge is 2.12. The minimum absolute atomic E-state index is 0.233. The normalized spacial score (nSPS) is 10.7. The molecule has 1 N–H and O–H groups in total. The summed E-state index contributed by atoms with van der Waals surface area (Å²) in [6.07, 6.45) is 0. The smallest absolute Gasteiger partial charge is 0.180 e. The van der Waals surface area contributed by atoms with Crippen LogP contribution in [-0.2, 0) is 19.7 Å². The molecule has 0 aliphatic rings. The van der Waals surface area contributed by atoms with Crippen LogP contribution in [0.4, 0.5) is 4.39 Å². The number of ether oxygens (including phenoxy) is 2. The van der Waals surface area contributed by atoms with E-state index in [0.717, 1.165) is 16.0 Å².